The summed E-state index contributed by atoms with van der Waals surface area (Å²) in [5, 5.41) is 3.00. The molecule has 2 rings (SSSR count). The summed E-state index contributed by atoms with van der Waals surface area (Å²) in [4.78, 5) is 27.1. The van der Waals surface area contributed by atoms with Crippen molar-refractivity contribution < 1.29 is 9.59 Å². The Balaban J connectivity index is 2.16. The molecule has 2 unspecified atom stereocenters. The lowest BCUT2D eigenvalue weighted by molar-refractivity contribution is -0.132. The number of carbonyl (C=O) groups excluding carboxylic acids is 2. The molecule has 1 saturated heterocycles. The Kier molecular flexibility index (Phi) is 6.03. The van der Waals surface area contributed by atoms with E-state index in [0.717, 1.165) is 12.0 Å². The number of rotatable bonds is 5. The van der Waals surface area contributed by atoms with E-state index in [9.17, 15) is 9.59 Å². The molecular formula is C20H30N2O2. The van der Waals surface area contributed by atoms with Crippen molar-refractivity contribution in [1.82, 2.24) is 10.2 Å². The summed E-state index contributed by atoms with van der Waals surface area (Å²) in [6.45, 7) is 10.1. The highest BCUT2D eigenvalue weighted by Crippen LogP contribution is 2.34. The largest absolute Gasteiger partial charge is 0.356 e. The van der Waals surface area contributed by atoms with Crippen LogP contribution in [0.3, 0.4) is 0 Å². The number of hydrogen-bond donors (Lipinski definition) is 1. The highest BCUT2D eigenvalue weighted by Gasteiger charge is 2.40. The van der Waals surface area contributed by atoms with Crippen LogP contribution in [0.4, 0.5) is 0 Å². The molecule has 0 radical (unpaired) electrons. The van der Waals surface area contributed by atoms with Crippen LogP contribution in [-0.2, 0) is 9.59 Å². The van der Waals surface area contributed by atoms with E-state index in [1.54, 1.807) is 0 Å². The summed E-state index contributed by atoms with van der Waals surface area (Å²) in [5.41, 5.74) is 1.10. The van der Waals surface area contributed by atoms with Crippen molar-refractivity contribution in [2.24, 2.45) is 11.3 Å². The lowest BCUT2D eigenvalue weighted by Crippen LogP contribution is -2.36. The number of nitrogens with one attached hydrogen (secondary N) is 1. The third-order valence-electron chi connectivity index (χ3n) is 4.47. The van der Waals surface area contributed by atoms with Crippen LogP contribution in [0.5, 0.6) is 0 Å². The molecule has 4 nitrogen and oxygen atoms in total. The fourth-order valence-corrected chi connectivity index (χ4v) is 3.26. The van der Waals surface area contributed by atoms with E-state index in [1.165, 1.54) is 0 Å². The van der Waals surface area contributed by atoms with Crippen molar-refractivity contribution >= 4 is 11.8 Å². The van der Waals surface area contributed by atoms with Crippen molar-refractivity contribution in [3.05, 3.63) is 35.9 Å². The van der Waals surface area contributed by atoms with Crippen LogP contribution in [0, 0.1) is 11.3 Å². The first-order valence-corrected chi connectivity index (χ1v) is 8.92. The van der Waals surface area contributed by atoms with Gasteiger partial charge in [-0.15, -0.1) is 0 Å². The van der Waals surface area contributed by atoms with Crippen molar-refractivity contribution in [3.63, 3.8) is 0 Å². The predicted octanol–water partition coefficient (Wildman–Crippen LogP) is 3.19. The molecule has 2 amide bonds. The first-order chi connectivity index (χ1) is 11.3. The van der Waals surface area contributed by atoms with Gasteiger partial charge in [0.1, 0.15) is 0 Å². The molecule has 4 heteroatoms. The van der Waals surface area contributed by atoms with Crippen LogP contribution in [-0.4, -0.2) is 36.3 Å². The molecule has 1 aromatic carbocycles. The fraction of sp³-hybridized carbons (Fsp3) is 0.600. The van der Waals surface area contributed by atoms with Crippen molar-refractivity contribution in [2.45, 2.75) is 46.5 Å². The Morgan fingerprint density at radius 1 is 1.17 bits per heavy atom. The van der Waals surface area contributed by atoms with Crippen LogP contribution in [0.2, 0.25) is 0 Å². The van der Waals surface area contributed by atoms with Gasteiger partial charge in [-0.3, -0.25) is 9.59 Å². The molecule has 1 aliphatic rings. The van der Waals surface area contributed by atoms with E-state index in [-0.39, 0.29) is 29.1 Å². The molecule has 0 aromatic heterocycles. The van der Waals surface area contributed by atoms with Gasteiger partial charge in [0.2, 0.25) is 11.8 Å². The second-order valence-corrected chi connectivity index (χ2v) is 7.95. The van der Waals surface area contributed by atoms with Crippen molar-refractivity contribution in [2.75, 3.05) is 19.6 Å². The summed E-state index contributed by atoms with van der Waals surface area (Å²) in [7, 11) is 0. The summed E-state index contributed by atoms with van der Waals surface area (Å²) in [6, 6.07) is 10.1. The number of likely N-dealkylation sites (tertiary alicyclic amines) is 1. The molecule has 1 heterocycles. The van der Waals surface area contributed by atoms with Crippen LogP contribution in [0.15, 0.2) is 30.3 Å². The quantitative estimate of drug-likeness (QED) is 0.901. The first-order valence-electron chi connectivity index (χ1n) is 8.92. The Labute approximate surface area is 145 Å². The zero-order valence-corrected chi connectivity index (χ0v) is 15.3. The van der Waals surface area contributed by atoms with E-state index in [2.05, 4.69) is 38.2 Å². The lowest BCUT2D eigenvalue weighted by Gasteiger charge is -2.23. The third-order valence-corrected chi connectivity index (χ3v) is 4.47. The van der Waals surface area contributed by atoms with Crippen molar-refractivity contribution in [3.8, 4) is 0 Å². The second kappa shape index (κ2) is 7.82. The van der Waals surface area contributed by atoms with Crippen LogP contribution in [0.25, 0.3) is 0 Å². The molecule has 0 bridgehead atoms. The maximum Gasteiger partial charge on any atom is 0.225 e. The Morgan fingerprint density at radius 2 is 1.83 bits per heavy atom. The first kappa shape index (κ1) is 18.5. The van der Waals surface area contributed by atoms with Crippen LogP contribution < -0.4 is 5.32 Å². The Bertz CT molecular complexity index is 563. The average Bonchev–Trinajstić information content (AvgIpc) is 2.97. The van der Waals surface area contributed by atoms with E-state index in [0.29, 0.717) is 26.1 Å². The van der Waals surface area contributed by atoms with Gasteiger partial charge in [-0.25, -0.2) is 0 Å². The SMILES string of the molecule is CCCNC(=O)C1CN(C(=O)CC(C)(C)C)CC1c1ccccc1. The molecule has 0 aliphatic carbocycles. The maximum absolute atomic E-state index is 12.6. The standard InChI is InChI=1S/C20H30N2O2/c1-5-11-21-19(24)17-14-22(18(23)12-20(2,3)4)13-16(17)15-9-7-6-8-10-15/h6-10,16-17H,5,11-14H2,1-4H3,(H,21,24). The lowest BCUT2D eigenvalue weighted by atomic mass is 9.88. The molecule has 1 aromatic rings. The summed E-state index contributed by atoms with van der Waals surface area (Å²) in [6.07, 6.45) is 1.43. The fourth-order valence-electron chi connectivity index (χ4n) is 3.26. The monoisotopic (exact) mass is 330 g/mol. The van der Waals surface area contributed by atoms with E-state index < -0.39 is 0 Å². The molecule has 132 valence electrons. The normalized spacial score (nSPS) is 20.9. The summed E-state index contributed by atoms with van der Waals surface area (Å²) < 4.78 is 0. The molecular weight excluding hydrogens is 300 g/mol. The van der Waals surface area contributed by atoms with Gasteiger partial charge < -0.3 is 10.2 Å². The van der Waals surface area contributed by atoms with E-state index in [4.69, 9.17) is 0 Å². The molecule has 2 atom stereocenters. The van der Waals surface area contributed by atoms with Crippen molar-refractivity contribution in [1.29, 1.82) is 0 Å². The van der Waals surface area contributed by atoms with Gasteiger partial charge in [-0.1, -0.05) is 58.0 Å². The zero-order valence-electron chi connectivity index (χ0n) is 15.3. The van der Waals surface area contributed by atoms with Gasteiger partial charge in [0.05, 0.1) is 5.92 Å². The number of amides is 2. The van der Waals surface area contributed by atoms with Gasteiger partial charge in [-0.2, -0.15) is 0 Å². The Morgan fingerprint density at radius 3 is 2.42 bits per heavy atom. The molecule has 1 N–H and O–H groups in total. The predicted molar refractivity (Wildman–Crippen MR) is 96.6 cm³/mol. The van der Waals surface area contributed by atoms with E-state index in [1.807, 2.05) is 30.0 Å². The number of carbonyl (C=O) groups is 2. The average molecular weight is 330 g/mol. The van der Waals surface area contributed by atoms with Gasteiger partial charge in [0.25, 0.3) is 0 Å². The van der Waals surface area contributed by atoms with Gasteiger partial charge in [0, 0.05) is 32.0 Å². The minimum absolute atomic E-state index is 0.0398. The van der Waals surface area contributed by atoms with Gasteiger partial charge in [0.15, 0.2) is 0 Å². The number of hydrogen-bond acceptors (Lipinski definition) is 2. The smallest absolute Gasteiger partial charge is 0.225 e. The zero-order chi connectivity index (χ0) is 17.7. The molecule has 0 saturated carbocycles. The van der Waals surface area contributed by atoms with Crippen LogP contribution in [0.1, 0.15) is 52.0 Å². The van der Waals surface area contributed by atoms with Gasteiger partial charge in [-0.05, 0) is 17.4 Å². The number of benzene rings is 1. The summed E-state index contributed by atoms with van der Waals surface area (Å²) >= 11 is 0. The maximum atomic E-state index is 12.6. The highest BCUT2D eigenvalue weighted by molar-refractivity contribution is 5.83. The highest BCUT2D eigenvalue weighted by atomic mass is 16.2. The third kappa shape index (κ3) is 4.83. The molecule has 1 fully saturated rings. The summed E-state index contributed by atoms with van der Waals surface area (Å²) in [5.74, 6) is 0.126. The molecule has 1 aliphatic heterocycles. The number of nitrogens with zero attached hydrogens (tertiary/aromatic N) is 1. The van der Waals surface area contributed by atoms with Gasteiger partial charge >= 0.3 is 0 Å². The minimum atomic E-state index is -0.164. The van der Waals surface area contributed by atoms with Crippen LogP contribution >= 0.6 is 0 Å². The second-order valence-electron chi connectivity index (χ2n) is 7.95. The molecule has 24 heavy (non-hydrogen) atoms. The minimum Gasteiger partial charge on any atom is -0.356 e. The van der Waals surface area contributed by atoms with E-state index >= 15 is 0 Å². The topological polar surface area (TPSA) is 49.4 Å². The Hall–Kier alpha value is -1.84. The molecule has 0 spiro atoms.